The zero-order chi connectivity index (χ0) is 11.2. The predicted octanol–water partition coefficient (Wildman–Crippen LogP) is 1.96. The number of para-hydroxylation sites is 1. The fraction of sp³-hybridized carbons (Fsp3) is 0.100. The molecule has 2 aromatic rings. The van der Waals surface area contributed by atoms with E-state index in [4.69, 9.17) is 0 Å². The Morgan fingerprint density at radius 3 is 2.76 bits per heavy atom. The molecular formula is C10H11ClN4OS. The monoisotopic (exact) mass is 270 g/mol. The molecule has 0 spiro atoms. The van der Waals surface area contributed by atoms with E-state index in [1.165, 1.54) is 18.1 Å². The van der Waals surface area contributed by atoms with Crippen LogP contribution in [0, 0.1) is 0 Å². The largest absolute Gasteiger partial charge is 0.325 e. The summed E-state index contributed by atoms with van der Waals surface area (Å²) < 4.78 is 0. The Morgan fingerprint density at radius 1 is 1.35 bits per heavy atom. The molecule has 0 unspecified atom stereocenters. The van der Waals surface area contributed by atoms with E-state index in [9.17, 15) is 4.79 Å². The molecule has 0 saturated heterocycles. The van der Waals surface area contributed by atoms with Gasteiger partial charge in [0.15, 0.2) is 5.16 Å². The number of carbonyl (C=O) groups is 1. The van der Waals surface area contributed by atoms with Gasteiger partial charge in [-0.3, -0.25) is 9.89 Å². The summed E-state index contributed by atoms with van der Waals surface area (Å²) in [6, 6.07) is 9.34. The van der Waals surface area contributed by atoms with E-state index in [-0.39, 0.29) is 18.3 Å². The lowest BCUT2D eigenvalue weighted by atomic mass is 10.3. The molecule has 0 fully saturated rings. The topological polar surface area (TPSA) is 70.7 Å². The van der Waals surface area contributed by atoms with Crippen molar-refractivity contribution in [1.29, 1.82) is 0 Å². The average molecular weight is 271 g/mol. The fourth-order valence-electron chi connectivity index (χ4n) is 1.12. The van der Waals surface area contributed by atoms with Crippen molar-refractivity contribution in [3.05, 3.63) is 36.7 Å². The number of hydrogen-bond acceptors (Lipinski definition) is 4. The molecule has 5 nitrogen and oxygen atoms in total. The van der Waals surface area contributed by atoms with Gasteiger partial charge in [0.1, 0.15) is 6.33 Å². The quantitative estimate of drug-likeness (QED) is 0.833. The molecule has 17 heavy (non-hydrogen) atoms. The summed E-state index contributed by atoms with van der Waals surface area (Å²) in [7, 11) is 0. The summed E-state index contributed by atoms with van der Waals surface area (Å²) in [6.45, 7) is 0. The highest BCUT2D eigenvalue weighted by atomic mass is 35.5. The summed E-state index contributed by atoms with van der Waals surface area (Å²) >= 11 is 1.31. The van der Waals surface area contributed by atoms with Gasteiger partial charge in [-0.2, -0.15) is 5.10 Å². The number of thioether (sulfide) groups is 1. The van der Waals surface area contributed by atoms with Crippen molar-refractivity contribution in [2.75, 3.05) is 11.1 Å². The Kier molecular flexibility index (Phi) is 5.51. The van der Waals surface area contributed by atoms with Gasteiger partial charge in [0.2, 0.25) is 5.91 Å². The fourth-order valence-corrected chi connectivity index (χ4v) is 1.70. The van der Waals surface area contributed by atoms with E-state index in [2.05, 4.69) is 20.5 Å². The Morgan fingerprint density at radius 2 is 2.12 bits per heavy atom. The maximum absolute atomic E-state index is 11.5. The first-order chi connectivity index (χ1) is 7.84. The molecule has 1 amide bonds. The first-order valence-corrected chi connectivity index (χ1v) is 5.66. The molecule has 1 heterocycles. The van der Waals surface area contributed by atoms with Gasteiger partial charge in [-0.1, -0.05) is 30.0 Å². The second kappa shape index (κ2) is 6.93. The molecule has 90 valence electrons. The molecule has 0 aliphatic carbocycles. The first kappa shape index (κ1) is 13.5. The number of aromatic nitrogens is 3. The second-order valence-electron chi connectivity index (χ2n) is 2.99. The zero-order valence-corrected chi connectivity index (χ0v) is 10.4. The molecule has 0 saturated carbocycles. The van der Waals surface area contributed by atoms with Crippen LogP contribution in [0.25, 0.3) is 0 Å². The van der Waals surface area contributed by atoms with Crippen LogP contribution in [0.15, 0.2) is 41.8 Å². The molecular weight excluding hydrogens is 260 g/mol. The molecule has 2 rings (SSSR count). The Labute approximate surface area is 109 Å². The number of rotatable bonds is 4. The van der Waals surface area contributed by atoms with Gasteiger partial charge in [-0.25, -0.2) is 4.98 Å². The van der Waals surface area contributed by atoms with Crippen molar-refractivity contribution in [3.63, 3.8) is 0 Å². The van der Waals surface area contributed by atoms with Crippen molar-refractivity contribution in [3.8, 4) is 0 Å². The summed E-state index contributed by atoms with van der Waals surface area (Å²) in [4.78, 5) is 15.4. The predicted molar refractivity (Wildman–Crippen MR) is 69.4 cm³/mol. The van der Waals surface area contributed by atoms with Crippen LogP contribution in [-0.2, 0) is 4.79 Å². The minimum atomic E-state index is -0.0624. The number of nitrogens with one attached hydrogen (secondary N) is 2. The molecule has 7 heteroatoms. The summed E-state index contributed by atoms with van der Waals surface area (Å²) in [5.41, 5.74) is 0.797. The van der Waals surface area contributed by atoms with Crippen molar-refractivity contribution in [1.82, 2.24) is 15.2 Å². The number of H-pyrrole nitrogens is 1. The number of nitrogens with zero attached hydrogens (tertiary/aromatic N) is 2. The number of anilines is 1. The molecule has 0 atom stereocenters. The van der Waals surface area contributed by atoms with Crippen LogP contribution < -0.4 is 5.32 Å². The average Bonchev–Trinajstić information content (AvgIpc) is 2.81. The van der Waals surface area contributed by atoms with Crippen molar-refractivity contribution < 1.29 is 4.79 Å². The highest BCUT2D eigenvalue weighted by Crippen LogP contribution is 2.11. The molecule has 0 aliphatic heterocycles. The number of hydrogen-bond donors (Lipinski definition) is 2. The minimum Gasteiger partial charge on any atom is -0.325 e. The van der Waals surface area contributed by atoms with Gasteiger partial charge in [0.25, 0.3) is 0 Å². The molecule has 0 radical (unpaired) electrons. The van der Waals surface area contributed by atoms with E-state index < -0.39 is 0 Å². The van der Waals surface area contributed by atoms with Crippen LogP contribution in [-0.4, -0.2) is 26.8 Å². The van der Waals surface area contributed by atoms with Gasteiger partial charge in [0.05, 0.1) is 5.75 Å². The number of amides is 1. The van der Waals surface area contributed by atoms with Crippen LogP contribution in [0.5, 0.6) is 0 Å². The first-order valence-electron chi connectivity index (χ1n) is 4.67. The lowest BCUT2D eigenvalue weighted by Gasteiger charge is -2.02. The molecule has 0 aliphatic rings. The Balaban J connectivity index is 0.00000144. The molecule has 0 bridgehead atoms. The molecule has 2 N–H and O–H groups in total. The van der Waals surface area contributed by atoms with Crippen LogP contribution in [0.2, 0.25) is 0 Å². The second-order valence-corrected chi connectivity index (χ2v) is 3.96. The van der Waals surface area contributed by atoms with Crippen LogP contribution in [0.4, 0.5) is 5.69 Å². The summed E-state index contributed by atoms with van der Waals surface area (Å²) in [6.07, 6.45) is 1.41. The van der Waals surface area contributed by atoms with Crippen LogP contribution in [0.3, 0.4) is 0 Å². The summed E-state index contributed by atoms with van der Waals surface area (Å²) in [5, 5.41) is 9.80. The third-order valence-corrected chi connectivity index (χ3v) is 2.67. The maximum atomic E-state index is 11.5. The zero-order valence-electron chi connectivity index (χ0n) is 8.79. The minimum absolute atomic E-state index is 0. The van der Waals surface area contributed by atoms with E-state index in [1.54, 1.807) is 0 Å². The van der Waals surface area contributed by atoms with Crippen molar-refractivity contribution in [2.24, 2.45) is 0 Å². The van der Waals surface area contributed by atoms with Gasteiger partial charge >= 0.3 is 0 Å². The van der Waals surface area contributed by atoms with Gasteiger partial charge < -0.3 is 5.32 Å². The number of aromatic amines is 1. The summed E-state index contributed by atoms with van der Waals surface area (Å²) in [5.74, 6) is 0.247. The highest BCUT2D eigenvalue weighted by molar-refractivity contribution is 7.99. The van der Waals surface area contributed by atoms with E-state index in [0.717, 1.165) is 5.69 Å². The van der Waals surface area contributed by atoms with E-state index >= 15 is 0 Å². The highest BCUT2D eigenvalue weighted by Gasteiger charge is 2.04. The maximum Gasteiger partial charge on any atom is 0.234 e. The molecule has 1 aromatic heterocycles. The van der Waals surface area contributed by atoms with Gasteiger partial charge in [-0.05, 0) is 12.1 Å². The van der Waals surface area contributed by atoms with Crippen LogP contribution in [0.1, 0.15) is 0 Å². The lowest BCUT2D eigenvalue weighted by Crippen LogP contribution is -2.13. The van der Waals surface area contributed by atoms with Crippen molar-refractivity contribution >= 4 is 35.8 Å². The SMILES string of the molecule is Cl.O=C(CSc1ncn[nH]1)Nc1ccccc1. The number of halogens is 1. The third kappa shape index (κ3) is 4.46. The Hall–Kier alpha value is -1.53. The Bertz CT molecular complexity index is 449. The lowest BCUT2D eigenvalue weighted by molar-refractivity contribution is -0.113. The number of benzene rings is 1. The smallest absolute Gasteiger partial charge is 0.234 e. The van der Waals surface area contributed by atoms with Crippen LogP contribution >= 0.6 is 24.2 Å². The van der Waals surface area contributed by atoms with E-state index in [0.29, 0.717) is 10.9 Å². The third-order valence-electron chi connectivity index (χ3n) is 1.79. The van der Waals surface area contributed by atoms with E-state index in [1.807, 2.05) is 30.3 Å². The molecule has 1 aromatic carbocycles. The normalized spacial score (nSPS) is 9.41. The van der Waals surface area contributed by atoms with Gasteiger partial charge in [0, 0.05) is 5.69 Å². The standard InChI is InChI=1S/C10H10N4OS.ClH/c15-9(6-16-10-11-7-12-14-10)13-8-4-2-1-3-5-8;/h1-5,7H,6H2,(H,13,15)(H,11,12,14);1H. The number of carbonyl (C=O) groups excluding carboxylic acids is 1. The van der Waals surface area contributed by atoms with Gasteiger partial charge in [-0.15, -0.1) is 12.4 Å². The van der Waals surface area contributed by atoms with Crippen molar-refractivity contribution in [2.45, 2.75) is 5.16 Å².